The molecule has 6 heteroatoms. The van der Waals surface area contributed by atoms with Crippen LogP contribution >= 0.6 is 11.6 Å². The summed E-state index contributed by atoms with van der Waals surface area (Å²) in [6, 6.07) is 8.81. The van der Waals surface area contributed by atoms with Crippen molar-refractivity contribution in [3.8, 4) is 11.5 Å². The molecule has 132 valence electrons. The van der Waals surface area contributed by atoms with Gasteiger partial charge in [0.2, 0.25) is 5.91 Å². The summed E-state index contributed by atoms with van der Waals surface area (Å²) in [6.07, 6.45) is 4.60. The van der Waals surface area contributed by atoms with Gasteiger partial charge in [0, 0.05) is 12.3 Å². The number of anilines is 1. The van der Waals surface area contributed by atoms with Crippen LogP contribution in [0.4, 0.5) is 5.82 Å². The van der Waals surface area contributed by atoms with Crippen LogP contribution in [0.25, 0.3) is 6.08 Å². The number of carbonyl (C=O) groups excluding carboxylic acids is 1. The number of aromatic nitrogens is 1. The topological polar surface area (TPSA) is 60.5 Å². The predicted molar refractivity (Wildman–Crippen MR) is 100 cm³/mol. The minimum atomic E-state index is -0.283. The van der Waals surface area contributed by atoms with Crippen LogP contribution in [0.15, 0.2) is 42.6 Å². The number of benzene rings is 1. The average Bonchev–Trinajstić information content (AvgIpc) is 2.60. The highest BCUT2D eigenvalue weighted by Crippen LogP contribution is 2.29. The second-order valence-electron chi connectivity index (χ2n) is 5.80. The molecule has 0 spiro atoms. The van der Waals surface area contributed by atoms with Crippen LogP contribution in [0.5, 0.6) is 11.5 Å². The molecular formula is C19H21ClN2O3. The molecule has 0 aliphatic heterocycles. The van der Waals surface area contributed by atoms with E-state index < -0.39 is 0 Å². The number of methoxy groups -OCH3 is 1. The standard InChI is InChI=1S/C19H21ClN2O3/c1-13(2)12-25-16-7-4-14(10-17(16)24-3)5-9-19(23)22-18-8-6-15(20)11-21-18/h4-11,13H,12H2,1-3H3,(H,21,22,23)/b9-5+. The molecule has 0 aliphatic carbocycles. The van der Waals surface area contributed by atoms with E-state index in [0.29, 0.717) is 34.9 Å². The van der Waals surface area contributed by atoms with E-state index in [1.165, 1.54) is 12.3 Å². The Morgan fingerprint density at radius 3 is 2.72 bits per heavy atom. The Labute approximate surface area is 152 Å². The van der Waals surface area contributed by atoms with E-state index in [1.54, 1.807) is 25.3 Å². The Morgan fingerprint density at radius 2 is 2.08 bits per heavy atom. The second-order valence-corrected chi connectivity index (χ2v) is 6.24. The largest absolute Gasteiger partial charge is 0.493 e. The molecule has 1 amide bonds. The molecule has 1 N–H and O–H groups in total. The maximum Gasteiger partial charge on any atom is 0.249 e. The van der Waals surface area contributed by atoms with Crippen LogP contribution in [-0.4, -0.2) is 24.6 Å². The van der Waals surface area contributed by atoms with Gasteiger partial charge in [-0.05, 0) is 41.8 Å². The van der Waals surface area contributed by atoms with Crippen molar-refractivity contribution >= 4 is 29.4 Å². The van der Waals surface area contributed by atoms with Crippen molar-refractivity contribution < 1.29 is 14.3 Å². The van der Waals surface area contributed by atoms with Crippen molar-refractivity contribution in [3.05, 3.63) is 53.2 Å². The fourth-order valence-corrected chi connectivity index (χ4v) is 2.06. The average molecular weight is 361 g/mol. The highest BCUT2D eigenvalue weighted by atomic mass is 35.5. The van der Waals surface area contributed by atoms with E-state index in [-0.39, 0.29) is 5.91 Å². The van der Waals surface area contributed by atoms with Crippen LogP contribution in [0, 0.1) is 5.92 Å². The molecule has 2 aromatic rings. The highest BCUT2D eigenvalue weighted by molar-refractivity contribution is 6.30. The van der Waals surface area contributed by atoms with Crippen molar-refractivity contribution in [2.45, 2.75) is 13.8 Å². The van der Waals surface area contributed by atoms with Gasteiger partial charge in [-0.15, -0.1) is 0 Å². The molecule has 1 aromatic carbocycles. The quantitative estimate of drug-likeness (QED) is 0.742. The van der Waals surface area contributed by atoms with E-state index in [4.69, 9.17) is 21.1 Å². The normalized spacial score (nSPS) is 10.9. The molecule has 0 radical (unpaired) electrons. The number of nitrogens with zero attached hydrogens (tertiary/aromatic N) is 1. The smallest absolute Gasteiger partial charge is 0.249 e. The van der Waals surface area contributed by atoms with E-state index in [2.05, 4.69) is 24.1 Å². The Morgan fingerprint density at radius 1 is 1.28 bits per heavy atom. The summed E-state index contributed by atoms with van der Waals surface area (Å²) in [4.78, 5) is 16.0. The van der Waals surface area contributed by atoms with Gasteiger partial charge in [-0.25, -0.2) is 4.98 Å². The van der Waals surface area contributed by atoms with Gasteiger partial charge < -0.3 is 14.8 Å². The zero-order valence-corrected chi connectivity index (χ0v) is 15.2. The Kier molecular flexibility index (Phi) is 6.83. The SMILES string of the molecule is COc1cc(/C=C/C(=O)Nc2ccc(Cl)cn2)ccc1OCC(C)C. The van der Waals surface area contributed by atoms with Gasteiger partial charge in [0.15, 0.2) is 11.5 Å². The molecular weight excluding hydrogens is 340 g/mol. The third-order valence-corrected chi connectivity index (χ3v) is 3.39. The number of rotatable bonds is 7. The minimum absolute atomic E-state index is 0.283. The molecule has 0 unspecified atom stereocenters. The summed E-state index contributed by atoms with van der Waals surface area (Å²) in [5.74, 6) is 1.89. The molecule has 1 heterocycles. The number of halogens is 1. The maximum absolute atomic E-state index is 11.9. The molecule has 0 aliphatic rings. The van der Waals surface area contributed by atoms with Crippen LogP contribution in [0.2, 0.25) is 5.02 Å². The molecule has 0 saturated heterocycles. The van der Waals surface area contributed by atoms with Crippen molar-refractivity contribution in [1.82, 2.24) is 4.98 Å². The van der Waals surface area contributed by atoms with Gasteiger partial charge in [0.05, 0.1) is 18.7 Å². The monoisotopic (exact) mass is 360 g/mol. The zero-order valence-electron chi connectivity index (χ0n) is 14.5. The van der Waals surface area contributed by atoms with Gasteiger partial charge in [-0.1, -0.05) is 31.5 Å². The Bertz CT molecular complexity index is 743. The lowest BCUT2D eigenvalue weighted by Crippen LogP contribution is -2.08. The first-order valence-electron chi connectivity index (χ1n) is 7.89. The van der Waals surface area contributed by atoms with Crippen LogP contribution in [0.3, 0.4) is 0 Å². The number of hydrogen-bond donors (Lipinski definition) is 1. The first-order valence-corrected chi connectivity index (χ1v) is 8.27. The summed E-state index contributed by atoms with van der Waals surface area (Å²) >= 11 is 5.76. The summed E-state index contributed by atoms with van der Waals surface area (Å²) in [6.45, 7) is 4.78. The van der Waals surface area contributed by atoms with E-state index in [0.717, 1.165) is 5.56 Å². The molecule has 0 saturated carbocycles. The number of pyridine rings is 1. The summed E-state index contributed by atoms with van der Waals surface area (Å²) in [5.41, 5.74) is 0.827. The third kappa shape index (κ3) is 6.12. The highest BCUT2D eigenvalue weighted by Gasteiger charge is 2.06. The van der Waals surface area contributed by atoms with Gasteiger partial charge in [-0.2, -0.15) is 0 Å². The molecule has 25 heavy (non-hydrogen) atoms. The lowest BCUT2D eigenvalue weighted by molar-refractivity contribution is -0.111. The van der Waals surface area contributed by atoms with Crippen LogP contribution in [0.1, 0.15) is 19.4 Å². The van der Waals surface area contributed by atoms with Crippen molar-refractivity contribution in [2.24, 2.45) is 5.92 Å². The number of carbonyl (C=O) groups is 1. The van der Waals surface area contributed by atoms with Crippen molar-refractivity contribution in [2.75, 3.05) is 19.0 Å². The molecule has 0 atom stereocenters. The molecule has 0 fully saturated rings. The lowest BCUT2D eigenvalue weighted by atomic mass is 10.2. The first kappa shape index (κ1) is 18.8. The van der Waals surface area contributed by atoms with Gasteiger partial charge in [0.1, 0.15) is 5.82 Å². The summed E-state index contributed by atoms with van der Waals surface area (Å²) in [7, 11) is 1.59. The molecule has 0 bridgehead atoms. The molecule has 1 aromatic heterocycles. The van der Waals surface area contributed by atoms with Gasteiger partial charge in [-0.3, -0.25) is 4.79 Å². The first-order chi connectivity index (χ1) is 12.0. The fraction of sp³-hybridized carbons (Fsp3) is 0.263. The van der Waals surface area contributed by atoms with E-state index in [1.807, 2.05) is 18.2 Å². The lowest BCUT2D eigenvalue weighted by Gasteiger charge is -2.12. The minimum Gasteiger partial charge on any atom is -0.493 e. The van der Waals surface area contributed by atoms with Crippen LogP contribution in [-0.2, 0) is 4.79 Å². The summed E-state index contributed by atoms with van der Waals surface area (Å²) < 4.78 is 11.1. The fourth-order valence-electron chi connectivity index (χ4n) is 1.95. The zero-order chi connectivity index (χ0) is 18.2. The molecule has 2 rings (SSSR count). The predicted octanol–water partition coefficient (Wildman–Crippen LogP) is 4.43. The number of nitrogens with one attached hydrogen (secondary N) is 1. The van der Waals surface area contributed by atoms with Crippen molar-refractivity contribution in [1.29, 1.82) is 0 Å². The van der Waals surface area contributed by atoms with E-state index >= 15 is 0 Å². The number of amides is 1. The van der Waals surface area contributed by atoms with Gasteiger partial charge in [0.25, 0.3) is 0 Å². The maximum atomic E-state index is 11.9. The Balaban J connectivity index is 2.02. The molecule has 5 nitrogen and oxygen atoms in total. The number of ether oxygens (including phenoxy) is 2. The van der Waals surface area contributed by atoms with Crippen molar-refractivity contribution in [3.63, 3.8) is 0 Å². The Hall–Kier alpha value is -2.53. The third-order valence-electron chi connectivity index (χ3n) is 3.17. The second kappa shape index (κ2) is 9.08. The number of hydrogen-bond acceptors (Lipinski definition) is 4. The summed E-state index contributed by atoms with van der Waals surface area (Å²) in [5, 5.41) is 3.17. The van der Waals surface area contributed by atoms with E-state index in [9.17, 15) is 4.79 Å². The van der Waals surface area contributed by atoms with Gasteiger partial charge >= 0.3 is 0 Å². The van der Waals surface area contributed by atoms with Crippen LogP contribution < -0.4 is 14.8 Å².